The number of thiophene rings is 1. The van der Waals surface area contributed by atoms with Gasteiger partial charge in [-0.15, -0.1) is 21.5 Å². The van der Waals surface area contributed by atoms with E-state index in [1.807, 2.05) is 29.6 Å². The van der Waals surface area contributed by atoms with E-state index in [1.54, 1.807) is 23.5 Å². The highest BCUT2D eigenvalue weighted by Gasteiger charge is 2.10. The smallest absolute Gasteiger partial charge is 0.257 e. The fraction of sp³-hybridized carbons (Fsp3) is 0.133. The lowest BCUT2D eigenvalue weighted by Crippen LogP contribution is -2.25. The van der Waals surface area contributed by atoms with Gasteiger partial charge in [-0.3, -0.25) is 4.79 Å². The molecule has 0 aliphatic carbocycles. The minimum atomic E-state index is -0.120. The van der Waals surface area contributed by atoms with Crippen LogP contribution in [0, 0.1) is 0 Å². The standard InChI is InChI=1S/C15H12BrN3O2S/c16-11-5-3-10(4-6-11)14(20)17-8-7-13-18-19-15(21-13)12-2-1-9-22-12/h1-6,9H,7-8H2,(H,17,20). The monoisotopic (exact) mass is 377 g/mol. The predicted octanol–water partition coefficient (Wildman–Crippen LogP) is 3.53. The Labute approximate surface area is 139 Å². The van der Waals surface area contributed by atoms with Crippen molar-refractivity contribution in [2.45, 2.75) is 6.42 Å². The second kappa shape index (κ2) is 6.85. The van der Waals surface area contributed by atoms with Crippen molar-refractivity contribution in [2.24, 2.45) is 0 Å². The Hall–Kier alpha value is -1.99. The molecule has 1 aromatic carbocycles. The van der Waals surface area contributed by atoms with Crippen molar-refractivity contribution < 1.29 is 9.21 Å². The SMILES string of the molecule is O=C(NCCc1nnc(-c2cccs2)o1)c1ccc(Br)cc1. The van der Waals surface area contributed by atoms with E-state index in [-0.39, 0.29) is 5.91 Å². The van der Waals surface area contributed by atoms with Crippen LogP contribution in [0.2, 0.25) is 0 Å². The molecule has 1 amide bonds. The largest absolute Gasteiger partial charge is 0.420 e. The van der Waals surface area contributed by atoms with Crippen molar-refractivity contribution in [1.82, 2.24) is 15.5 Å². The third-order valence-electron chi connectivity index (χ3n) is 2.93. The molecule has 0 spiro atoms. The van der Waals surface area contributed by atoms with E-state index < -0.39 is 0 Å². The highest BCUT2D eigenvalue weighted by atomic mass is 79.9. The van der Waals surface area contributed by atoms with Crippen molar-refractivity contribution in [1.29, 1.82) is 0 Å². The average Bonchev–Trinajstić information content (AvgIpc) is 3.19. The van der Waals surface area contributed by atoms with Crippen LogP contribution in [0.15, 0.2) is 50.7 Å². The molecule has 112 valence electrons. The van der Waals surface area contributed by atoms with Crippen LogP contribution >= 0.6 is 27.3 Å². The summed E-state index contributed by atoms with van der Waals surface area (Å²) >= 11 is 4.88. The molecule has 0 radical (unpaired) electrons. The molecule has 22 heavy (non-hydrogen) atoms. The lowest BCUT2D eigenvalue weighted by atomic mass is 10.2. The number of aromatic nitrogens is 2. The molecule has 7 heteroatoms. The number of hydrogen-bond donors (Lipinski definition) is 1. The number of nitrogens with one attached hydrogen (secondary N) is 1. The van der Waals surface area contributed by atoms with E-state index in [1.165, 1.54) is 0 Å². The van der Waals surface area contributed by atoms with Crippen LogP contribution in [0.4, 0.5) is 0 Å². The van der Waals surface area contributed by atoms with E-state index in [0.29, 0.717) is 30.3 Å². The van der Waals surface area contributed by atoms with Crippen LogP contribution in [0.1, 0.15) is 16.2 Å². The second-order valence-corrected chi connectivity index (χ2v) is 6.35. The first kappa shape index (κ1) is 14.9. The van der Waals surface area contributed by atoms with Crippen LogP contribution in [-0.2, 0) is 6.42 Å². The molecule has 0 atom stereocenters. The molecular weight excluding hydrogens is 366 g/mol. The Morgan fingerprint density at radius 1 is 1.23 bits per heavy atom. The number of amides is 1. The molecule has 2 heterocycles. The lowest BCUT2D eigenvalue weighted by molar-refractivity contribution is 0.0953. The van der Waals surface area contributed by atoms with Gasteiger partial charge in [0.05, 0.1) is 4.88 Å². The molecular formula is C15H12BrN3O2S. The van der Waals surface area contributed by atoms with Crippen LogP contribution in [-0.4, -0.2) is 22.6 Å². The third kappa shape index (κ3) is 3.61. The summed E-state index contributed by atoms with van der Waals surface area (Å²) in [6.07, 6.45) is 0.501. The maximum atomic E-state index is 11.9. The van der Waals surface area contributed by atoms with Gasteiger partial charge in [0.15, 0.2) is 0 Å². The molecule has 3 aromatic rings. The quantitative estimate of drug-likeness (QED) is 0.738. The van der Waals surface area contributed by atoms with Gasteiger partial charge in [-0.05, 0) is 35.7 Å². The number of halogens is 1. The first-order chi connectivity index (χ1) is 10.7. The summed E-state index contributed by atoms with van der Waals surface area (Å²) < 4.78 is 6.50. The van der Waals surface area contributed by atoms with E-state index in [2.05, 4.69) is 31.4 Å². The van der Waals surface area contributed by atoms with Crippen LogP contribution < -0.4 is 5.32 Å². The fourth-order valence-electron chi connectivity index (χ4n) is 1.84. The van der Waals surface area contributed by atoms with E-state index >= 15 is 0 Å². The van der Waals surface area contributed by atoms with E-state index in [9.17, 15) is 4.79 Å². The molecule has 0 aliphatic rings. The maximum Gasteiger partial charge on any atom is 0.257 e. The van der Waals surface area contributed by atoms with Crippen molar-refractivity contribution >= 4 is 33.2 Å². The van der Waals surface area contributed by atoms with Gasteiger partial charge in [0.25, 0.3) is 11.8 Å². The summed E-state index contributed by atoms with van der Waals surface area (Å²) in [6.45, 7) is 0.445. The summed E-state index contributed by atoms with van der Waals surface area (Å²) in [5.41, 5.74) is 0.619. The summed E-state index contributed by atoms with van der Waals surface area (Å²) in [5, 5.41) is 12.8. The number of nitrogens with zero attached hydrogens (tertiary/aromatic N) is 2. The Morgan fingerprint density at radius 3 is 2.77 bits per heavy atom. The van der Waals surface area contributed by atoms with Gasteiger partial charge < -0.3 is 9.73 Å². The van der Waals surface area contributed by atoms with Crippen molar-refractivity contribution in [3.63, 3.8) is 0 Å². The predicted molar refractivity (Wildman–Crippen MR) is 87.8 cm³/mol. The Balaban J connectivity index is 1.53. The Bertz CT molecular complexity index is 753. The summed E-state index contributed by atoms with van der Waals surface area (Å²) in [5.74, 6) is 0.911. The van der Waals surface area contributed by atoms with Crippen LogP contribution in [0.3, 0.4) is 0 Å². The number of carbonyl (C=O) groups is 1. The zero-order valence-electron chi connectivity index (χ0n) is 11.5. The van der Waals surface area contributed by atoms with Gasteiger partial charge in [-0.25, -0.2) is 0 Å². The first-order valence-electron chi connectivity index (χ1n) is 6.62. The lowest BCUT2D eigenvalue weighted by Gasteiger charge is -2.03. The maximum absolute atomic E-state index is 11.9. The third-order valence-corrected chi connectivity index (χ3v) is 4.32. The Morgan fingerprint density at radius 2 is 2.05 bits per heavy atom. The van der Waals surface area contributed by atoms with Crippen LogP contribution in [0.25, 0.3) is 10.8 Å². The Kier molecular flexibility index (Phi) is 4.65. The van der Waals surface area contributed by atoms with Gasteiger partial charge in [0.2, 0.25) is 5.89 Å². The molecule has 0 bridgehead atoms. The zero-order chi connectivity index (χ0) is 15.4. The minimum absolute atomic E-state index is 0.120. The van der Waals surface area contributed by atoms with Gasteiger partial charge in [-0.2, -0.15) is 0 Å². The highest BCUT2D eigenvalue weighted by Crippen LogP contribution is 2.22. The molecule has 1 N–H and O–H groups in total. The van der Waals surface area contributed by atoms with Gasteiger partial charge in [0, 0.05) is 23.0 Å². The van der Waals surface area contributed by atoms with Gasteiger partial charge in [-0.1, -0.05) is 22.0 Å². The molecule has 0 saturated heterocycles. The topological polar surface area (TPSA) is 68.0 Å². The van der Waals surface area contributed by atoms with Gasteiger partial charge >= 0.3 is 0 Å². The van der Waals surface area contributed by atoms with Gasteiger partial charge in [0.1, 0.15) is 0 Å². The molecule has 5 nitrogen and oxygen atoms in total. The van der Waals surface area contributed by atoms with Crippen LogP contribution in [0.5, 0.6) is 0 Å². The highest BCUT2D eigenvalue weighted by molar-refractivity contribution is 9.10. The molecule has 3 rings (SSSR count). The normalized spacial score (nSPS) is 10.6. The zero-order valence-corrected chi connectivity index (χ0v) is 13.9. The van der Waals surface area contributed by atoms with E-state index in [0.717, 1.165) is 9.35 Å². The summed E-state index contributed by atoms with van der Waals surface area (Å²) in [6, 6.07) is 11.1. The van der Waals surface area contributed by atoms with E-state index in [4.69, 9.17) is 4.42 Å². The molecule has 0 aliphatic heterocycles. The summed E-state index contributed by atoms with van der Waals surface area (Å²) in [7, 11) is 0. The fourth-order valence-corrected chi connectivity index (χ4v) is 2.75. The second-order valence-electron chi connectivity index (χ2n) is 4.49. The van der Waals surface area contributed by atoms with Crippen molar-refractivity contribution in [2.75, 3.05) is 6.54 Å². The minimum Gasteiger partial charge on any atom is -0.420 e. The average molecular weight is 378 g/mol. The van der Waals surface area contributed by atoms with Crippen molar-refractivity contribution in [3.8, 4) is 10.8 Å². The van der Waals surface area contributed by atoms with Crippen molar-refractivity contribution in [3.05, 3.63) is 57.7 Å². The number of benzene rings is 1. The number of rotatable bonds is 5. The molecule has 0 fully saturated rings. The molecule has 2 aromatic heterocycles. The molecule has 0 saturated carbocycles. The summed E-state index contributed by atoms with van der Waals surface area (Å²) in [4.78, 5) is 12.9. The number of carbonyl (C=O) groups excluding carboxylic acids is 1. The number of hydrogen-bond acceptors (Lipinski definition) is 5. The molecule has 0 unspecified atom stereocenters. The first-order valence-corrected chi connectivity index (χ1v) is 8.29.